The number of nitrogens with zero attached hydrogens (tertiary/aromatic N) is 1. The first-order valence-electron chi connectivity index (χ1n) is 5.99. The molecule has 0 radical (unpaired) electrons. The summed E-state index contributed by atoms with van der Waals surface area (Å²) < 4.78 is 1.19. The molecule has 1 aromatic carbocycles. The summed E-state index contributed by atoms with van der Waals surface area (Å²) in [5.41, 5.74) is 3.70. The summed E-state index contributed by atoms with van der Waals surface area (Å²) in [6.45, 7) is 4.76. The minimum absolute atomic E-state index is 0.308. The quantitative estimate of drug-likeness (QED) is 0.691. The Hall–Kier alpha value is -0.500. The van der Waals surface area contributed by atoms with E-state index in [4.69, 9.17) is 0 Å². The minimum Gasteiger partial charge on any atom is -0.369 e. The zero-order valence-corrected chi connectivity index (χ0v) is 11.8. The Kier molecular flexibility index (Phi) is 2.02. The lowest BCUT2D eigenvalue weighted by molar-refractivity contribution is 0.378. The van der Waals surface area contributed by atoms with Gasteiger partial charge in [0.1, 0.15) is 0 Å². The SMILES string of the molecule is CN1c2ccc(Br)cc2C(C)(C)CC12CC2. The number of rotatable bonds is 0. The zero-order valence-electron chi connectivity index (χ0n) is 10.2. The highest BCUT2D eigenvalue weighted by Gasteiger charge is 2.53. The molecule has 1 heterocycles. The van der Waals surface area contributed by atoms with Crippen LogP contribution in [0.25, 0.3) is 0 Å². The van der Waals surface area contributed by atoms with Gasteiger partial charge >= 0.3 is 0 Å². The van der Waals surface area contributed by atoms with Crippen LogP contribution in [0.1, 0.15) is 38.7 Å². The highest BCUT2D eigenvalue weighted by molar-refractivity contribution is 9.10. The van der Waals surface area contributed by atoms with E-state index in [-0.39, 0.29) is 0 Å². The molecule has 1 nitrogen and oxygen atoms in total. The van der Waals surface area contributed by atoms with Gasteiger partial charge in [-0.15, -0.1) is 0 Å². The molecule has 0 aromatic heterocycles. The van der Waals surface area contributed by atoms with Crippen LogP contribution in [-0.4, -0.2) is 12.6 Å². The number of hydrogen-bond donors (Lipinski definition) is 0. The van der Waals surface area contributed by atoms with E-state index >= 15 is 0 Å². The third-order valence-electron chi connectivity index (χ3n) is 4.36. The Bertz CT molecular complexity index is 446. The smallest absolute Gasteiger partial charge is 0.0409 e. The zero-order chi connectivity index (χ0) is 11.6. The van der Waals surface area contributed by atoms with Crippen molar-refractivity contribution in [2.45, 2.75) is 44.1 Å². The van der Waals surface area contributed by atoms with Crippen molar-refractivity contribution in [3.8, 4) is 0 Å². The van der Waals surface area contributed by atoms with E-state index in [2.05, 4.69) is 59.9 Å². The maximum Gasteiger partial charge on any atom is 0.0409 e. The van der Waals surface area contributed by atoms with Crippen molar-refractivity contribution in [3.63, 3.8) is 0 Å². The molecule has 16 heavy (non-hydrogen) atoms. The molecule has 1 aliphatic heterocycles. The number of anilines is 1. The van der Waals surface area contributed by atoms with Gasteiger partial charge in [-0.1, -0.05) is 29.8 Å². The van der Waals surface area contributed by atoms with Gasteiger partial charge in [0, 0.05) is 22.7 Å². The Labute approximate surface area is 106 Å². The van der Waals surface area contributed by atoms with Gasteiger partial charge < -0.3 is 4.90 Å². The third-order valence-corrected chi connectivity index (χ3v) is 4.85. The highest BCUT2D eigenvalue weighted by Crippen LogP contribution is 2.56. The van der Waals surface area contributed by atoms with Crippen LogP contribution in [0.15, 0.2) is 22.7 Å². The van der Waals surface area contributed by atoms with Gasteiger partial charge in [0.05, 0.1) is 0 Å². The molecule has 0 atom stereocenters. The molecule has 3 rings (SSSR count). The van der Waals surface area contributed by atoms with E-state index in [1.54, 1.807) is 0 Å². The summed E-state index contributed by atoms with van der Waals surface area (Å²) in [5.74, 6) is 0. The van der Waals surface area contributed by atoms with E-state index in [1.807, 2.05) is 0 Å². The lowest BCUT2D eigenvalue weighted by atomic mass is 9.73. The Balaban J connectivity index is 2.18. The van der Waals surface area contributed by atoms with Crippen molar-refractivity contribution < 1.29 is 0 Å². The van der Waals surface area contributed by atoms with Crippen LogP contribution >= 0.6 is 15.9 Å². The van der Waals surface area contributed by atoms with E-state index in [1.165, 1.54) is 35.0 Å². The molecule has 2 heteroatoms. The molecule has 0 unspecified atom stereocenters. The third kappa shape index (κ3) is 1.35. The lowest BCUT2D eigenvalue weighted by Crippen LogP contribution is -2.44. The second-order valence-electron chi connectivity index (χ2n) is 6.01. The molecule has 0 N–H and O–H groups in total. The summed E-state index contributed by atoms with van der Waals surface area (Å²) in [6, 6.07) is 6.72. The molecule has 1 saturated carbocycles. The Morgan fingerprint density at radius 3 is 2.56 bits per heavy atom. The van der Waals surface area contributed by atoms with Crippen molar-refractivity contribution in [3.05, 3.63) is 28.2 Å². The summed E-state index contributed by atoms with van der Waals surface area (Å²) in [5, 5.41) is 0. The second kappa shape index (κ2) is 3.04. The molecule has 1 aliphatic carbocycles. The second-order valence-corrected chi connectivity index (χ2v) is 6.92. The van der Waals surface area contributed by atoms with Crippen LogP contribution in [0, 0.1) is 0 Å². The summed E-state index contributed by atoms with van der Waals surface area (Å²) in [4.78, 5) is 2.51. The molecule has 1 fully saturated rings. The van der Waals surface area contributed by atoms with E-state index < -0.39 is 0 Å². The largest absolute Gasteiger partial charge is 0.369 e. The number of hydrogen-bond acceptors (Lipinski definition) is 1. The van der Waals surface area contributed by atoms with Gasteiger partial charge in [-0.25, -0.2) is 0 Å². The molecular formula is C14H18BrN. The topological polar surface area (TPSA) is 3.24 Å². The number of halogens is 1. The van der Waals surface area contributed by atoms with Crippen LogP contribution in [0.2, 0.25) is 0 Å². The van der Waals surface area contributed by atoms with E-state index in [0.717, 1.165) is 0 Å². The maximum atomic E-state index is 3.59. The van der Waals surface area contributed by atoms with Gasteiger partial charge in [0.15, 0.2) is 0 Å². The minimum atomic E-state index is 0.308. The molecular weight excluding hydrogens is 262 g/mol. The van der Waals surface area contributed by atoms with Gasteiger partial charge in [-0.2, -0.15) is 0 Å². The van der Waals surface area contributed by atoms with Crippen molar-refractivity contribution in [2.75, 3.05) is 11.9 Å². The molecule has 86 valence electrons. The van der Waals surface area contributed by atoms with E-state index in [9.17, 15) is 0 Å². The van der Waals surface area contributed by atoms with Crippen molar-refractivity contribution in [2.24, 2.45) is 0 Å². The predicted octanol–water partition coefficient (Wildman–Crippen LogP) is 4.10. The molecule has 2 aliphatic rings. The fraction of sp³-hybridized carbons (Fsp3) is 0.571. The van der Waals surface area contributed by atoms with Gasteiger partial charge in [0.2, 0.25) is 0 Å². The first-order chi connectivity index (χ1) is 7.45. The van der Waals surface area contributed by atoms with Crippen molar-refractivity contribution >= 4 is 21.6 Å². The van der Waals surface area contributed by atoms with Crippen LogP contribution in [0.5, 0.6) is 0 Å². The van der Waals surface area contributed by atoms with E-state index in [0.29, 0.717) is 11.0 Å². The Morgan fingerprint density at radius 1 is 1.25 bits per heavy atom. The number of benzene rings is 1. The molecule has 0 amide bonds. The normalized spacial score (nSPS) is 24.4. The summed E-state index contributed by atoms with van der Waals surface area (Å²) >= 11 is 3.59. The lowest BCUT2D eigenvalue weighted by Gasteiger charge is -2.45. The Morgan fingerprint density at radius 2 is 1.94 bits per heavy atom. The van der Waals surface area contributed by atoms with Gasteiger partial charge in [-0.3, -0.25) is 0 Å². The average Bonchev–Trinajstić information content (AvgIpc) is 2.95. The van der Waals surface area contributed by atoms with Crippen LogP contribution < -0.4 is 4.90 Å². The summed E-state index contributed by atoms with van der Waals surface area (Å²) in [7, 11) is 2.26. The molecule has 1 aromatic rings. The predicted molar refractivity (Wildman–Crippen MR) is 72.2 cm³/mol. The molecule has 0 bridgehead atoms. The maximum absolute atomic E-state index is 3.59. The fourth-order valence-corrected chi connectivity index (χ4v) is 3.65. The highest BCUT2D eigenvalue weighted by atomic mass is 79.9. The number of fused-ring (bicyclic) bond motifs is 1. The van der Waals surface area contributed by atoms with Gasteiger partial charge in [0.25, 0.3) is 0 Å². The fourth-order valence-electron chi connectivity index (χ4n) is 3.29. The van der Waals surface area contributed by atoms with Crippen LogP contribution in [0.3, 0.4) is 0 Å². The van der Waals surface area contributed by atoms with Crippen LogP contribution in [-0.2, 0) is 5.41 Å². The monoisotopic (exact) mass is 279 g/mol. The van der Waals surface area contributed by atoms with Crippen molar-refractivity contribution in [1.29, 1.82) is 0 Å². The first kappa shape index (κ1) is 10.6. The van der Waals surface area contributed by atoms with Gasteiger partial charge in [-0.05, 0) is 48.4 Å². The summed E-state index contributed by atoms with van der Waals surface area (Å²) in [6.07, 6.45) is 4.02. The van der Waals surface area contributed by atoms with Crippen molar-refractivity contribution in [1.82, 2.24) is 0 Å². The van der Waals surface area contributed by atoms with Crippen LogP contribution in [0.4, 0.5) is 5.69 Å². The standard InChI is InChI=1S/C14H18BrN/c1-13(2)9-14(6-7-14)16(3)12-5-4-10(15)8-11(12)13/h4-5,8H,6-7,9H2,1-3H3. The molecule has 0 saturated heterocycles. The first-order valence-corrected chi connectivity index (χ1v) is 6.78. The molecule has 1 spiro atoms. The average molecular weight is 280 g/mol.